The highest BCUT2D eigenvalue weighted by molar-refractivity contribution is 7.22. The topological polar surface area (TPSA) is 82.8 Å². The van der Waals surface area contributed by atoms with Crippen LogP contribution in [0.15, 0.2) is 36.4 Å². The van der Waals surface area contributed by atoms with Crippen molar-refractivity contribution in [3.63, 3.8) is 0 Å². The molecule has 1 amide bonds. The number of carbonyl (C=O) groups is 1. The first-order valence-electron chi connectivity index (χ1n) is 10.9. The molecule has 0 spiro atoms. The number of nitro benzene ring substituents is 1. The largest absolute Gasteiger partial charge is 0.366 e. The third-order valence-corrected chi connectivity index (χ3v) is 6.98. The molecule has 11 heteroatoms. The number of carbonyl (C=O) groups excluding carboxylic acids is 1. The van der Waals surface area contributed by atoms with Crippen molar-refractivity contribution >= 4 is 68.0 Å². The zero-order valence-corrected chi connectivity index (χ0v) is 21.5. The average Bonchev–Trinajstić information content (AvgIpc) is 3.21. The Hall–Kier alpha value is -2.46. The van der Waals surface area contributed by atoms with E-state index in [1.54, 1.807) is 23.1 Å². The first-order valence-corrected chi connectivity index (χ1v) is 12.1. The molecule has 0 radical (unpaired) electrons. The first-order chi connectivity index (χ1) is 15.8. The summed E-state index contributed by atoms with van der Waals surface area (Å²) in [5, 5.41) is 13.0. The summed E-state index contributed by atoms with van der Waals surface area (Å²) in [5.41, 5.74) is 1.57. The first kappa shape index (κ1) is 26.2. The van der Waals surface area contributed by atoms with Gasteiger partial charge in [0, 0.05) is 42.8 Å². The number of rotatable bonds is 7. The van der Waals surface area contributed by atoms with Crippen molar-refractivity contribution < 1.29 is 9.72 Å². The predicted molar refractivity (Wildman–Crippen MR) is 141 cm³/mol. The third kappa shape index (κ3) is 5.78. The van der Waals surface area contributed by atoms with Crippen molar-refractivity contribution in [2.75, 3.05) is 50.1 Å². The zero-order chi connectivity index (χ0) is 23.5. The van der Waals surface area contributed by atoms with E-state index in [9.17, 15) is 14.9 Å². The monoisotopic (exact) mass is 523 g/mol. The number of piperidine rings is 1. The summed E-state index contributed by atoms with van der Waals surface area (Å²) in [6.07, 6.45) is 3.16. The van der Waals surface area contributed by atoms with Crippen LogP contribution in [0.4, 0.5) is 16.5 Å². The molecular formula is C23H27Cl2N5O3S. The number of nitro groups is 1. The summed E-state index contributed by atoms with van der Waals surface area (Å²) in [6.45, 7) is 2.60. The van der Waals surface area contributed by atoms with Crippen LogP contribution in [0.25, 0.3) is 10.2 Å². The number of fused-ring (bicyclic) bond motifs is 1. The van der Waals surface area contributed by atoms with Crippen molar-refractivity contribution in [3.8, 4) is 0 Å². The van der Waals surface area contributed by atoms with E-state index in [1.807, 2.05) is 36.0 Å². The summed E-state index contributed by atoms with van der Waals surface area (Å²) in [4.78, 5) is 35.3. The molecule has 0 atom stereocenters. The van der Waals surface area contributed by atoms with E-state index in [0.29, 0.717) is 28.9 Å². The van der Waals surface area contributed by atoms with Crippen LogP contribution in [0.3, 0.4) is 0 Å². The van der Waals surface area contributed by atoms with Gasteiger partial charge in [0.1, 0.15) is 5.69 Å². The van der Waals surface area contributed by atoms with Gasteiger partial charge >= 0.3 is 0 Å². The molecule has 2 aromatic carbocycles. The van der Waals surface area contributed by atoms with E-state index >= 15 is 0 Å². The van der Waals surface area contributed by atoms with Crippen LogP contribution in [-0.2, 0) is 0 Å². The Labute approximate surface area is 213 Å². The SMILES string of the molecule is CN(C)CCN(C(=O)c1ccc(N2CCCCC2)c([N+](=O)[O-])c1)c1nc2ccc(Cl)cc2s1.Cl. The summed E-state index contributed by atoms with van der Waals surface area (Å²) in [6, 6.07) is 10.2. The molecule has 1 fully saturated rings. The molecule has 0 bridgehead atoms. The molecule has 8 nitrogen and oxygen atoms in total. The van der Waals surface area contributed by atoms with Gasteiger partial charge < -0.3 is 9.80 Å². The number of hydrogen-bond donors (Lipinski definition) is 0. The second-order valence-electron chi connectivity index (χ2n) is 8.38. The Morgan fingerprint density at radius 1 is 1.15 bits per heavy atom. The van der Waals surface area contributed by atoms with Crippen LogP contribution in [0.2, 0.25) is 5.02 Å². The van der Waals surface area contributed by atoms with Crippen LogP contribution in [-0.4, -0.2) is 61.0 Å². The van der Waals surface area contributed by atoms with E-state index in [2.05, 4.69) is 4.98 Å². The van der Waals surface area contributed by atoms with Crippen LogP contribution >= 0.6 is 35.3 Å². The predicted octanol–water partition coefficient (Wildman–Crippen LogP) is 5.48. The van der Waals surface area contributed by atoms with E-state index in [1.165, 1.54) is 17.4 Å². The van der Waals surface area contributed by atoms with Gasteiger partial charge in [-0.15, -0.1) is 12.4 Å². The van der Waals surface area contributed by atoms with Crippen LogP contribution < -0.4 is 9.80 Å². The molecule has 1 aliphatic rings. The van der Waals surface area contributed by atoms with Gasteiger partial charge in [-0.05, 0) is 63.7 Å². The van der Waals surface area contributed by atoms with Gasteiger partial charge in [0.05, 0.1) is 15.1 Å². The van der Waals surface area contributed by atoms with Gasteiger partial charge in [0.2, 0.25) is 0 Å². The maximum Gasteiger partial charge on any atom is 0.293 e. The zero-order valence-electron chi connectivity index (χ0n) is 19.1. The highest BCUT2D eigenvalue weighted by Crippen LogP contribution is 2.34. The Morgan fingerprint density at radius 3 is 2.56 bits per heavy atom. The molecule has 34 heavy (non-hydrogen) atoms. The number of anilines is 2. The van der Waals surface area contributed by atoms with Crippen molar-refractivity contribution in [2.24, 2.45) is 0 Å². The number of hydrogen-bond acceptors (Lipinski definition) is 7. The van der Waals surface area contributed by atoms with Gasteiger partial charge in [0.25, 0.3) is 11.6 Å². The van der Waals surface area contributed by atoms with Gasteiger partial charge in [-0.3, -0.25) is 19.8 Å². The lowest BCUT2D eigenvalue weighted by Gasteiger charge is -2.28. The maximum atomic E-state index is 13.6. The second-order valence-corrected chi connectivity index (χ2v) is 9.82. The average molecular weight is 524 g/mol. The minimum Gasteiger partial charge on any atom is -0.366 e. The summed E-state index contributed by atoms with van der Waals surface area (Å²) in [7, 11) is 3.86. The summed E-state index contributed by atoms with van der Waals surface area (Å²) >= 11 is 7.50. The fraction of sp³-hybridized carbons (Fsp3) is 0.391. The lowest BCUT2D eigenvalue weighted by Crippen LogP contribution is -2.37. The van der Waals surface area contributed by atoms with Gasteiger partial charge in [-0.2, -0.15) is 0 Å². The van der Waals surface area contributed by atoms with Gasteiger partial charge in [-0.25, -0.2) is 4.98 Å². The molecule has 0 N–H and O–H groups in total. The number of amides is 1. The second kappa shape index (κ2) is 11.3. The molecule has 0 unspecified atom stereocenters. The molecule has 1 aromatic heterocycles. The number of thiazole rings is 1. The van der Waals surface area contributed by atoms with E-state index in [-0.39, 0.29) is 29.6 Å². The minimum atomic E-state index is -0.398. The fourth-order valence-electron chi connectivity index (χ4n) is 3.95. The fourth-order valence-corrected chi connectivity index (χ4v) is 5.21. The number of benzene rings is 2. The third-order valence-electron chi connectivity index (χ3n) is 5.70. The maximum absolute atomic E-state index is 13.6. The van der Waals surface area contributed by atoms with Crippen LogP contribution in [0.1, 0.15) is 29.6 Å². The molecular weight excluding hydrogens is 497 g/mol. The molecule has 0 aliphatic carbocycles. The number of likely N-dealkylation sites (N-methyl/N-ethyl adjacent to an activating group) is 1. The lowest BCUT2D eigenvalue weighted by atomic mass is 10.1. The van der Waals surface area contributed by atoms with Crippen molar-refractivity contribution in [3.05, 3.63) is 57.1 Å². The number of nitrogens with zero attached hydrogens (tertiary/aromatic N) is 5. The molecule has 1 saturated heterocycles. The highest BCUT2D eigenvalue weighted by Gasteiger charge is 2.27. The van der Waals surface area contributed by atoms with Crippen LogP contribution in [0, 0.1) is 10.1 Å². The Balaban J connectivity index is 0.00000324. The van der Waals surface area contributed by atoms with Crippen LogP contribution in [0.5, 0.6) is 0 Å². The van der Waals surface area contributed by atoms with Gasteiger partial charge in [0.15, 0.2) is 5.13 Å². The van der Waals surface area contributed by atoms with Crippen molar-refractivity contribution in [1.82, 2.24) is 9.88 Å². The summed E-state index contributed by atoms with van der Waals surface area (Å²) < 4.78 is 0.881. The standard InChI is InChI=1S/C23H26ClN5O3S.ClH/c1-26(2)12-13-28(23-25-18-8-7-17(24)15-21(18)33-23)22(30)16-6-9-19(20(14-16)29(31)32)27-10-4-3-5-11-27;/h6-9,14-15H,3-5,10-13H2,1-2H3;1H. The quantitative estimate of drug-likeness (QED) is 0.301. The summed E-state index contributed by atoms with van der Waals surface area (Å²) in [5.74, 6) is -0.310. The Kier molecular flexibility index (Phi) is 8.70. The highest BCUT2D eigenvalue weighted by atomic mass is 35.5. The van der Waals surface area contributed by atoms with Crippen molar-refractivity contribution in [1.29, 1.82) is 0 Å². The van der Waals surface area contributed by atoms with Gasteiger partial charge in [-0.1, -0.05) is 22.9 Å². The molecule has 4 rings (SSSR count). The molecule has 3 aromatic rings. The number of halogens is 2. The molecule has 182 valence electrons. The van der Waals surface area contributed by atoms with E-state index in [4.69, 9.17) is 11.6 Å². The lowest BCUT2D eigenvalue weighted by molar-refractivity contribution is -0.384. The normalized spacial score (nSPS) is 13.7. The Morgan fingerprint density at radius 2 is 1.88 bits per heavy atom. The Bertz CT molecular complexity index is 1180. The molecule has 0 saturated carbocycles. The molecule has 1 aliphatic heterocycles. The van der Waals surface area contributed by atoms with E-state index < -0.39 is 4.92 Å². The smallest absolute Gasteiger partial charge is 0.293 e. The van der Waals surface area contributed by atoms with Crippen molar-refractivity contribution in [2.45, 2.75) is 19.3 Å². The minimum absolute atomic E-state index is 0. The number of aromatic nitrogens is 1. The molecule has 2 heterocycles. The van der Waals surface area contributed by atoms with E-state index in [0.717, 1.165) is 42.6 Å².